The molecule has 0 spiro atoms. The Balaban J connectivity index is 2.41. The Bertz CT molecular complexity index is 129. The van der Waals surface area contributed by atoms with Gasteiger partial charge in [-0.3, -0.25) is 4.99 Å². The van der Waals surface area contributed by atoms with E-state index in [1.54, 1.807) is 0 Å². The fourth-order valence-corrected chi connectivity index (χ4v) is 1.31. The Morgan fingerprint density at radius 2 is 2.40 bits per heavy atom. The van der Waals surface area contributed by atoms with Gasteiger partial charge in [-0.25, -0.2) is 0 Å². The van der Waals surface area contributed by atoms with E-state index in [-0.39, 0.29) is 0 Å². The zero-order valence-corrected chi connectivity index (χ0v) is 6.93. The highest BCUT2D eigenvalue weighted by atomic mass is 15.2. The highest BCUT2D eigenvalue weighted by molar-refractivity contribution is 5.80. The molecule has 0 aliphatic carbocycles. The van der Waals surface area contributed by atoms with Crippen LogP contribution in [-0.4, -0.2) is 30.4 Å². The van der Waals surface area contributed by atoms with Crippen LogP contribution in [0.5, 0.6) is 0 Å². The van der Waals surface area contributed by atoms with Gasteiger partial charge in [0.05, 0.1) is 5.84 Å². The zero-order valence-electron chi connectivity index (χ0n) is 6.93. The van der Waals surface area contributed by atoms with Gasteiger partial charge in [0, 0.05) is 19.6 Å². The van der Waals surface area contributed by atoms with Crippen molar-refractivity contribution in [1.82, 2.24) is 4.90 Å². The fourth-order valence-electron chi connectivity index (χ4n) is 1.31. The monoisotopic (exact) mass is 140 g/mol. The van der Waals surface area contributed by atoms with Crippen molar-refractivity contribution in [3.63, 3.8) is 0 Å². The Labute approximate surface area is 62.9 Å². The average Bonchev–Trinajstić information content (AvgIpc) is 1.94. The molecule has 1 heterocycles. The van der Waals surface area contributed by atoms with Crippen LogP contribution in [0.3, 0.4) is 0 Å². The molecule has 1 rings (SSSR count). The normalized spacial score (nSPS) is 19.0. The number of aliphatic imine (C=N–C) groups is 1. The summed E-state index contributed by atoms with van der Waals surface area (Å²) in [7, 11) is 0. The Morgan fingerprint density at radius 1 is 1.60 bits per heavy atom. The number of hydrogen-bond donors (Lipinski definition) is 0. The molecule has 2 heteroatoms. The summed E-state index contributed by atoms with van der Waals surface area (Å²) in [6.45, 7) is 7.74. The molecule has 0 fully saturated rings. The summed E-state index contributed by atoms with van der Waals surface area (Å²) in [5.41, 5.74) is 0. The molecule has 0 saturated carbocycles. The molecule has 0 atom stereocenters. The van der Waals surface area contributed by atoms with Crippen LogP contribution in [0, 0.1) is 0 Å². The first-order chi connectivity index (χ1) is 4.84. The van der Waals surface area contributed by atoms with Crippen molar-refractivity contribution >= 4 is 5.84 Å². The van der Waals surface area contributed by atoms with Crippen molar-refractivity contribution in [2.45, 2.75) is 26.7 Å². The topological polar surface area (TPSA) is 15.6 Å². The smallest absolute Gasteiger partial charge is 0.0957 e. The first-order valence-corrected chi connectivity index (χ1v) is 4.10. The number of rotatable bonds is 2. The molecule has 10 heavy (non-hydrogen) atoms. The molecule has 1 aliphatic rings. The molecule has 2 nitrogen and oxygen atoms in total. The summed E-state index contributed by atoms with van der Waals surface area (Å²) in [6, 6.07) is 0. The summed E-state index contributed by atoms with van der Waals surface area (Å²) >= 11 is 0. The van der Waals surface area contributed by atoms with Crippen molar-refractivity contribution in [3.8, 4) is 0 Å². The molecule has 0 bridgehead atoms. The van der Waals surface area contributed by atoms with Crippen LogP contribution in [0.25, 0.3) is 0 Å². The van der Waals surface area contributed by atoms with E-state index in [0.717, 1.165) is 6.54 Å². The van der Waals surface area contributed by atoms with Gasteiger partial charge in [-0.15, -0.1) is 0 Å². The van der Waals surface area contributed by atoms with Gasteiger partial charge in [-0.1, -0.05) is 6.92 Å². The predicted octanol–water partition coefficient (Wildman–Crippen LogP) is 1.52. The van der Waals surface area contributed by atoms with Crippen LogP contribution < -0.4 is 0 Å². The number of hydrogen-bond acceptors (Lipinski definition) is 2. The third-order valence-electron chi connectivity index (χ3n) is 1.88. The maximum atomic E-state index is 4.37. The molecule has 0 N–H and O–H groups in total. The van der Waals surface area contributed by atoms with Crippen LogP contribution in [0.4, 0.5) is 0 Å². The summed E-state index contributed by atoms with van der Waals surface area (Å²) < 4.78 is 0. The van der Waals surface area contributed by atoms with E-state index in [4.69, 9.17) is 0 Å². The van der Waals surface area contributed by atoms with Crippen LogP contribution >= 0.6 is 0 Å². The molecule has 0 radical (unpaired) electrons. The third kappa shape index (κ3) is 1.72. The second-order valence-electron chi connectivity index (χ2n) is 2.77. The van der Waals surface area contributed by atoms with Crippen molar-refractivity contribution in [2.24, 2.45) is 4.99 Å². The van der Waals surface area contributed by atoms with Crippen LogP contribution in [-0.2, 0) is 0 Å². The van der Waals surface area contributed by atoms with E-state index in [0.29, 0.717) is 0 Å². The summed E-state index contributed by atoms with van der Waals surface area (Å²) in [4.78, 5) is 6.74. The number of nitrogens with zero attached hydrogens (tertiary/aromatic N) is 2. The van der Waals surface area contributed by atoms with Gasteiger partial charge in [0.15, 0.2) is 0 Å². The highest BCUT2D eigenvalue weighted by Crippen LogP contribution is 2.02. The quantitative estimate of drug-likeness (QED) is 0.568. The van der Waals surface area contributed by atoms with Gasteiger partial charge in [-0.05, 0) is 19.8 Å². The SMILES string of the molecule is CCCN1CCCN=C1C. The van der Waals surface area contributed by atoms with Gasteiger partial charge in [0.25, 0.3) is 0 Å². The van der Waals surface area contributed by atoms with E-state index < -0.39 is 0 Å². The molecular formula is C8H16N2. The van der Waals surface area contributed by atoms with Crippen molar-refractivity contribution in [2.75, 3.05) is 19.6 Å². The molecule has 0 aromatic rings. The molecule has 58 valence electrons. The second-order valence-corrected chi connectivity index (χ2v) is 2.77. The van der Waals surface area contributed by atoms with Gasteiger partial charge < -0.3 is 4.90 Å². The molecule has 1 aliphatic heterocycles. The zero-order chi connectivity index (χ0) is 7.40. The number of amidine groups is 1. The minimum atomic E-state index is 1.03. The summed E-state index contributed by atoms with van der Waals surface area (Å²) in [6.07, 6.45) is 2.46. The largest absolute Gasteiger partial charge is 0.361 e. The van der Waals surface area contributed by atoms with Crippen LogP contribution in [0.15, 0.2) is 4.99 Å². The van der Waals surface area contributed by atoms with E-state index >= 15 is 0 Å². The maximum Gasteiger partial charge on any atom is 0.0957 e. The fraction of sp³-hybridized carbons (Fsp3) is 0.875. The maximum absolute atomic E-state index is 4.37. The third-order valence-corrected chi connectivity index (χ3v) is 1.88. The molecular weight excluding hydrogens is 124 g/mol. The van der Waals surface area contributed by atoms with Gasteiger partial charge in [-0.2, -0.15) is 0 Å². The van der Waals surface area contributed by atoms with Gasteiger partial charge in [0.1, 0.15) is 0 Å². The lowest BCUT2D eigenvalue weighted by Crippen LogP contribution is -2.34. The standard InChI is InChI=1S/C8H16N2/c1-3-6-10-7-4-5-9-8(10)2/h3-7H2,1-2H3. The van der Waals surface area contributed by atoms with Crippen molar-refractivity contribution < 1.29 is 0 Å². The molecule has 0 aromatic heterocycles. The lowest BCUT2D eigenvalue weighted by Gasteiger charge is -2.26. The van der Waals surface area contributed by atoms with E-state index in [1.807, 2.05) is 0 Å². The van der Waals surface area contributed by atoms with E-state index in [1.165, 1.54) is 31.8 Å². The van der Waals surface area contributed by atoms with Crippen molar-refractivity contribution in [3.05, 3.63) is 0 Å². The summed E-state index contributed by atoms with van der Waals surface area (Å²) in [5.74, 6) is 1.23. The van der Waals surface area contributed by atoms with Crippen molar-refractivity contribution in [1.29, 1.82) is 0 Å². The lowest BCUT2D eigenvalue weighted by atomic mass is 10.3. The Kier molecular flexibility index (Phi) is 2.72. The first kappa shape index (κ1) is 7.58. The highest BCUT2D eigenvalue weighted by Gasteiger charge is 2.08. The predicted molar refractivity (Wildman–Crippen MR) is 44.5 cm³/mol. The Morgan fingerprint density at radius 3 is 3.00 bits per heavy atom. The minimum Gasteiger partial charge on any atom is -0.361 e. The molecule has 0 aromatic carbocycles. The Hall–Kier alpha value is -0.530. The second kappa shape index (κ2) is 3.59. The van der Waals surface area contributed by atoms with Gasteiger partial charge >= 0.3 is 0 Å². The van der Waals surface area contributed by atoms with Crippen LogP contribution in [0.1, 0.15) is 26.7 Å². The molecule has 0 saturated heterocycles. The average molecular weight is 140 g/mol. The van der Waals surface area contributed by atoms with E-state index in [9.17, 15) is 0 Å². The van der Waals surface area contributed by atoms with Gasteiger partial charge in [0.2, 0.25) is 0 Å². The van der Waals surface area contributed by atoms with Crippen LogP contribution in [0.2, 0.25) is 0 Å². The van der Waals surface area contributed by atoms with E-state index in [2.05, 4.69) is 23.7 Å². The lowest BCUT2D eigenvalue weighted by molar-refractivity contribution is 0.391. The summed E-state index contributed by atoms with van der Waals surface area (Å²) in [5, 5.41) is 0. The minimum absolute atomic E-state index is 1.03. The molecule has 0 unspecified atom stereocenters. The first-order valence-electron chi connectivity index (χ1n) is 4.10. The molecule has 0 amide bonds.